The fourth-order valence-corrected chi connectivity index (χ4v) is 1.58. The van der Waals surface area contributed by atoms with Crippen LogP contribution in [-0.2, 0) is 9.36 Å². The molecule has 0 radical (unpaired) electrons. The average Bonchev–Trinajstić information content (AvgIpc) is 1.98. The lowest BCUT2D eigenvalue weighted by atomic mass is 9.85. The molecule has 5 heteroatoms. The molecule has 0 aliphatic carbocycles. The first-order valence-corrected chi connectivity index (χ1v) is 6.52. The van der Waals surface area contributed by atoms with Crippen molar-refractivity contribution in [3.05, 3.63) is 0 Å². The minimum absolute atomic E-state index is 0.0740. The summed E-state index contributed by atoms with van der Waals surface area (Å²) in [6.45, 7) is 6.11. The van der Waals surface area contributed by atoms with E-state index in [0.29, 0.717) is 6.42 Å². The lowest BCUT2D eigenvalue weighted by Gasteiger charge is -2.21. The highest BCUT2D eigenvalue weighted by molar-refractivity contribution is 7.52. The maximum atomic E-state index is 11.1. The van der Waals surface area contributed by atoms with Crippen molar-refractivity contribution in [2.75, 3.05) is 6.16 Å². The highest BCUT2D eigenvalue weighted by Gasteiger charge is 2.22. The smallest absolute Gasteiger partial charge is 0.324 e. The number of ketones is 1. The van der Waals surface area contributed by atoms with Gasteiger partial charge in [-0.05, 0) is 11.8 Å². The van der Waals surface area contributed by atoms with Gasteiger partial charge < -0.3 is 9.79 Å². The van der Waals surface area contributed by atoms with Crippen molar-refractivity contribution < 1.29 is 19.1 Å². The minimum atomic E-state index is -4.16. The van der Waals surface area contributed by atoms with Crippen LogP contribution in [0.1, 0.15) is 40.0 Å². The molecule has 84 valence electrons. The van der Waals surface area contributed by atoms with E-state index in [1.807, 2.05) is 20.8 Å². The fourth-order valence-electron chi connectivity index (χ4n) is 0.963. The van der Waals surface area contributed by atoms with Gasteiger partial charge in [0, 0.05) is 6.42 Å². The molecule has 0 fully saturated rings. The van der Waals surface area contributed by atoms with E-state index >= 15 is 0 Å². The molecule has 0 amide bonds. The molecule has 0 aromatic rings. The molecule has 0 rings (SSSR count). The maximum absolute atomic E-state index is 11.1. The molecule has 14 heavy (non-hydrogen) atoms. The number of carbonyl (C=O) groups excluding carboxylic acids is 1. The van der Waals surface area contributed by atoms with Crippen molar-refractivity contribution in [2.45, 2.75) is 40.0 Å². The normalized spacial score (nSPS) is 12.9. The third-order valence-electron chi connectivity index (χ3n) is 2.42. The SMILES string of the molecule is CCC(C)(C)CCC(=O)CP(=O)(O)O. The van der Waals surface area contributed by atoms with Crippen LogP contribution in [0.25, 0.3) is 0 Å². The van der Waals surface area contributed by atoms with E-state index in [1.54, 1.807) is 0 Å². The molecule has 0 aromatic heterocycles. The van der Waals surface area contributed by atoms with Gasteiger partial charge in [0.25, 0.3) is 0 Å². The monoisotopic (exact) mass is 222 g/mol. The molecule has 2 N–H and O–H groups in total. The van der Waals surface area contributed by atoms with Gasteiger partial charge >= 0.3 is 7.60 Å². The Hall–Kier alpha value is -0.180. The van der Waals surface area contributed by atoms with E-state index in [0.717, 1.165) is 6.42 Å². The van der Waals surface area contributed by atoms with Gasteiger partial charge in [-0.15, -0.1) is 0 Å². The van der Waals surface area contributed by atoms with Gasteiger partial charge in [0.1, 0.15) is 11.9 Å². The second-order valence-corrected chi connectivity index (χ2v) is 6.02. The first-order chi connectivity index (χ1) is 6.16. The third-order valence-corrected chi connectivity index (χ3v) is 3.18. The highest BCUT2D eigenvalue weighted by atomic mass is 31.2. The van der Waals surface area contributed by atoms with Gasteiger partial charge in [-0.1, -0.05) is 27.2 Å². The summed E-state index contributed by atoms with van der Waals surface area (Å²) < 4.78 is 10.5. The molecule has 0 aliphatic heterocycles. The Labute approximate surface area is 84.9 Å². The van der Waals surface area contributed by atoms with E-state index < -0.39 is 13.8 Å². The maximum Gasteiger partial charge on any atom is 0.332 e. The second kappa shape index (κ2) is 5.06. The molecule has 0 saturated carbocycles. The van der Waals surface area contributed by atoms with Gasteiger partial charge in [0.2, 0.25) is 0 Å². The molecule has 0 aliphatic rings. The van der Waals surface area contributed by atoms with E-state index in [9.17, 15) is 9.36 Å². The van der Waals surface area contributed by atoms with E-state index in [1.165, 1.54) is 0 Å². The van der Waals surface area contributed by atoms with E-state index in [-0.39, 0.29) is 17.6 Å². The Morgan fingerprint density at radius 3 is 2.21 bits per heavy atom. The Balaban J connectivity index is 3.93. The summed E-state index contributed by atoms with van der Waals surface area (Å²) in [5.41, 5.74) is 0.0740. The lowest BCUT2D eigenvalue weighted by molar-refractivity contribution is -0.117. The molecule has 0 aromatic carbocycles. The van der Waals surface area contributed by atoms with Crippen molar-refractivity contribution >= 4 is 13.4 Å². The molecule has 0 spiro atoms. The predicted molar refractivity (Wildman–Crippen MR) is 55.2 cm³/mol. The summed E-state index contributed by atoms with van der Waals surface area (Å²) in [6, 6.07) is 0. The van der Waals surface area contributed by atoms with Crippen molar-refractivity contribution in [2.24, 2.45) is 5.41 Å². The standard InChI is InChI=1S/C9H19O4P/c1-4-9(2,3)6-5-8(10)7-14(11,12)13/h4-7H2,1-3H3,(H2,11,12,13). The Morgan fingerprint density at radius 2 is 1.86 bits per heavy atom. The predicted octanol–water partition coefficient (Wildman–Crippen LogP) is 1.95. The van der Waals surface area contributed by atoms with Crippen LogP contribution >= 0.6 is 7.60 Å². The first-order valence-electron chi connectivity index (χ1n) is 4.72. The molecular formula is C9H19O4P. The van der Waals surface area contributed by atoms with Crippen molar-refractivity contribution in [3.63, 3.8) is 0 Å². The first kappa shape index (κ1) is 13.8. The number of hydrogen-bond donors (Lipinski definition) is 2. The average molecular weight is 222 g/mol. The molecule has 0 heterocycles. The van der Waals surface area contributed by atoms with Crippen molar-refractivity contribution in [1.82, 2.24) is 0 Å². The minimum Gasteiger partial charge on any atom is -0.324 e. The van der Waals surface area contributed by atoms with Crippen LogP contribution in [0, 0.1) is 5.41 Å². The topological polar surface area (TPSA) is 74.6 Å². The quantitative estimate of drug-likeness (QED) is 0.673. The zero-order valence-electron chi connectivity index (χ0n) is 8.99. The summed E-state index contributed by atoms with van der Waals surface area (Å²) in [5, 5.41) is 0. The van der Waals surface area contributed by atoms with Gasteiger partial charge in [-0.25, -0.2) is 0 Å². The van der Waals surface area contributed by atoms with Gasteiger partial charge in [0.15, 0.2) is 0 Å². The summed E-state index contributed by atoms with van der Waals surface area (Å²) in [4.78, 5) is 28.3. The zero-order chi connectivity index (χ0) is 11.4. The van der Waals surface area contributed by atoms with Crippen LogP contribution in [0.5, 0.6) is 0 Å². The fraction of sp³-hybridized carbons (Fsp3) is 0.889. The van der Waals surface area contributed by atoms with Crippen LogP contribution in [0.3, 0.4) is 0 Å². The summed E-state index contributed by atoms with van der Waals surface area (Å²) in [6.07, 6.45) is 1.28. The summed E-state index contributed by atoms with van der Waals surface area (Å²) in [5.74, 6) is -0.347. The van der Waals surface area contributed by atoms with Gasteiger partial charge in [-0.2, -0.15) is 0 Å². The molecule has 0 saturated heterocycles. The number of carbonyl (C=O) groups is 1. The zero-order valence-corrected chi connectivity index (χ0v) is 9.88. The van der Waals surface area contributed by atoms with Crippen LogP contribution < -0.4 is 0 Å². The van der Waals surface area contributed by atoms with Gasteiger partial charge in [-0.3, -0.25) is 9.36 Å². The van der Waals surface area contributed by atoms with E-state index in [2.05, 4.69) is 0 Å². The molecule has 0 atom stereocenters. The van der Waals surface area contributed by atoms with Crippen LogP contribution in [-0.4, -0.2) is 21.7 Å². The van der Waals surface area contributed by atoms with Crippen LogP contribution in [0.2, 0.25) is 0 Å². The number of rotatable bonds is 6. The molecule has 0 unspecified atom stereocenters. The molecule has 0 bridgehead atoms. The highest BCUT2D eigenvalue weighted by Crippen LogP contribution is 2.35. The van der Waals surface area contributed by atoms with Crippen LogP contribution in [0.15, 0.2) is 0 Å². The Morgan fingerprint density at radius 1 is 1.36 bits per heavy atom. The third kappa shape index (κ3) is 7.25. The van der Waals surface area contributed by atoms with Gasteiger partial charge in [0.05, 0.1) is 0 Å². The Bertz CT molecular complexity index is 241. The second-order valence-electron chi connectivity index (χ2n) is 4.38. The molecule has 4 nitrogen and oxygen atoms in total. The van der Waals surface area contributed by atoms with E-state index in [4.69, 9.17) is 9.79 Å². The largest absolute Gasteiger partial charge is 0.332 e. The van der Waals surface area contributed by atoms with Crippen LogP contribution in [0.4, 0.5) is 0 Å². The number of hydrogen-bond acceptors (Lipinski definition) is 2. The van der Waals surface area contributed by atoms with Crippen molar-refractivity contribution in [3.8, 4) is 0 Å². The lowest BCUT2D eigenvalue weighted by Crippen LogP contribution is -2.14. The summed E-state index contributed by atoms with van der Waals surface area (Å²) >= 11 is 0. The Kier molecular flexibility index (Phi) is 4.99. The van der Waals surface area contributed by atoms with Crippen molar-refractivity contribution in [1.29, 1.82) is 0 Å². The number of Topliss-reactive ketones (excluding diaryl/α,β-unsaturated/α-hetero) is 1. The summed E-state index contributed by atoms with van der Waals surface area (Å²) in [7, 11) is -4.16. The molecular weight excluding hydrogens is 203 g/mol.